The van der Waals surface area contributed by atoms with Crippen LogP contribution in [0.2, 0.25) is 0 Å². The molecule has 3 aromatic rings. The summed E-state index contributed by atoms with van der Waals surface area (Å²) >= 11 is 12.2. The molecule has 2 amide bonds. The highest BCUT2D eigenvalue weighted by molar-refractivity contribution is 9.11. The lowest BCUT2D eigenvalue weighted by Gasteiger charge is -2.38. The second-order valence-corrected chi connectivity index (χ2v) is 14.9. The molecule has 3 heterocycles. The maximum Gasteiger partial charge on any atom is 0.407 e. The number of rotatable bonds is 7. The summed E-state index contributed by atoms with van der Waals surface area (Å²) in [5.41, 5.74) is 6.91. The van der Waals surface area contributed by atoms with Crippen molar-refractivity contribution in [2.75, 3.05) is 13.7 Å². The molecule has 1 spiro atoms. The van der Waals surface area contributed by atoms with Crippen molar-refractivity contribution in [1.29, 1.82) is 0 Å². The highest BCUT2D eigenvalue weighted by Gasteiger charge is 2.42. The Kier molecular flexibility index (Phi) is 11.1. The number of piperidine rings is 1. The van der Waals surface area contributed by atoms with Crippen LogP contribution in [0, 0.1) is 11.3 Å². The predicted molar refractivity (Wildman–Crippen MR) is 188 cm³/mol. The molecule has 1 aromatic carbocycles. The number of fused-ring (bicyclic) bond motifs is 1. The molecule has 6 rings (SSSR count). The van der Waals surface area contributed by atoms with Crippen LogP contribution in [-0.2, 0) is 22.4 Å². The van der Waals surface area contributed by atoms with Crippen LogP contribution in [0.5, 0.6) is 0 Å². The standard InChI is InChI=1S/C33H41BrN4O3S.H2S2/c1-4-20(2)27(37-32(40)41-3)31(39)38-16-8-5-9-26(38)30-35-19-25(36-30)21-10-12-22(13-11-21)28-23-17-33(14-6-7-15-33)18-24(23)29(34)42-28;1-2/h10-13,19-20,26-27H,4-9,14-18H2,1-3H3,(H,35,36)(H,37,40);1-2H. The third kappa shape index (κ3) is 6.76. The summed E-state index contributed by atoms with van der Waals surface area (Å²) in [5, 5.41) is 2.78. The monoisotopic (exact) mass is 718 g/mol. The van der Waals surface area contributed by atoms with E-state index in [2.05, 4.69) is 73.8 Å². The second kappa shape index (κ2) is 14.6. The zero-order valence-electron chi connectivity index (χ0n) is 25.7. The van der Waals surface area contributed by atoms with Gasteiger partial charge in [0, 0.05) is 11.4 Å². The van der Waals surface area contributed by atoms with Crippen LogP contribution >= 0.6 is 50.6 Å². The maximum absolute atomic E-state index is 13.8. The van der Waals surface area contributed by atoms with Crippen LogP contribution in [0.1, 0.15) is 88.2 Å². The Labute approximate surface area is 283 Å². The Morgan fingerprint density at radius 1 is 1.14 bits per heavy atom. The fourth-order valence-electron chi connectivity index (χ4n) is 7.34. The number of benzene rings is 1. The van der Waals surface area contributed by atoms with Gasteiger partial charge < -0.3 is 19.9 Å². The van der Waals surface area contributed by atoms with Crippen molar-refractivity contribution in [2.45, 2.75) is 90.1 Å². The van der Waals surface area contributed by atoms with Gasteiger partial charge >= 0.3 is 6.09 Å². The summed E-state index contributed by atoms with van der Waals surface area (Å²) in [6, 6.07) is 8.04. The minimum Gasteiger partial charge on any atom is -0.453 e. The molecule has 238 valence electrons. The summed E-state index contributed by atoms with van der Waals surface area (Å²) in [5.74, 6) is 0.708. The van der Waals surface area contributed by atoms with E-state index in [1.807, 2.05) is 36.3 Å². The molecule has 1 saturated heterocycles. The number of hydrogen-bond acceptors (Lipinski definition) is 7. The minimum absolute atomic E-state index is 0.0150. The van der Waals surface area contributed by atoms with Gasteiger partial charge in [-0.3, -0.25) is 4.79 Å². The fourth-order valence-corrected chi connectivity index (χ4v) is 9.27. The fraction of sp³-hybridized carbons (Fsp3) is 0.545. The van der Waals surface area contributed by atoms with Gasteiger partial charge in [-0.25, -0.2) is 9.78 Å². The lowest BCUT2D eigenvalue weighted by Crippen LogP contribution is -2.53. The first kappa shape index (κ1) is 33.4. The van der Waals surface area contributed by atoms with Crippen LogP contribution in [0.4, 0.5) is 4.79 Å². The highest BCUT2D eigenvalue weighted by Crippen LogP contribution is 2.55. The molecule has 2 N–H and O–H groups in total. The van der Waals surface area contributed by atoms with Crippen molar-refractivity contribution in [2.24, 2.45) is 11.3 Å². The normalized spacial score (nSPS) is 20.0. The van der Waals surface area contributed by atoms with Gasteiger partial charge in [-0.2, -0.15) is 0 Å². The topological polar surface area (TPSA) is 87.3 Å². The number of aromatic nitrogens is 2. The molecule has 0 radical (unpaired) electrons. The largest absolute Gasteiger partial charge is 0.453 e. The molecular formula is C33H43BrN4O3S3. The van der Waals surface area contributed by atoms with E-state index in [-0.39, 0.29) is 17.9 Å². The number of likely N-dealkylation sites (tertiary alicyclic amines) is 1. The van der Waals surface area contributed by atoms with Crippen LogP contribution in [0.15, 0.2) is 34.2 Å². The number of amides is 2. The Balaban J connectivity index is 0.00000188. The Hall–Kier alpha value is -1.95. The van der Waals surface area contributed by atoms with Crippen molar-refractivity contribution in [1.82, 2.24) is 20.2 Å². The molecule has 0 bridgehead atoms. The van der Waals surface area contributed by atoms with E-state index in [4.69, 9.17) is 9.72 Å². The minimum atomic E-state index is -0.632. The van der Waals surface area contributed by atoms with Gasteiger partial charge in [0.1, 0.15) is 11.9 Å². The van der Waals surface area contributed by atoms with Gasteiger partial charge in [-0.15, -0.1) is 34.7 Å². The average Bonchev–Trinajstić information content (AvgIpc) is 3.87. The number of nitrogens with one attached hydrogen (secondary N) is 2. The Morgan fingerprint density at radius 2 is 1.82 bits per heavy atom. The number of methoxy groups -OCH3 is 1. The zero-order valence-corrected chi connectivity index (χ0v) is 29.9. The molecule has 11 heteroatoms. The van der Waals surface area contributed by atoms with Gasteiger partial charge in [0.15, 0.2) is 0 Å². The van der Waals surface area contributed by atoms with Crippen molar-refractivity contribution in [3.8, 4) is 21.7 Å². The van der Waals surface area contributed by atoms with Gasteiger partial charge in [0.05, 0.1) is 28.8 Å². The zero-order chi connectivity index (χ0) is 31.4. The number of hydrogen-bond donors (Lipinski definition) is 4. The van der Waals surface area contributed by atoms with Crippen LogP contribution in [0.25, 0.3) is 21.7 Å². The second-order valence-electron chi connectivity index (χ2n) is 12.5. The summed E-state index contributed by atoms with van der Waals surface area (Å²) in [6.07, 6.45) is 12.8. The van der Waals surface area contributed by atoms with E-state index in [0.717, 1.165) is 42.8 Å². The van der Waals surface area contributed by atoms with E-state index < -0.39 is 12.1 Å². The molecule has 7 nitrogen and oxygen atoms in total. The van der Waals surface area contributed by atoms with Crippen molar-refractivity contribution >= 4 is 62.6 Å². The molecular weight excluding hydrogens is 676 g/mol. The average molecular weight is 720 g/mol. The first-order valence-corrected chi connectivity index (χ1v) is 18.8. The number of thiophene rings is 1. The smallest absolute Gasteiger partial charge is 0.407 e. The number of carbonyl (C=O) groups is 2. The van der Waals surface area contributed by atoms with E-state index in [1.54, 1.807) is 11.1 Å². The maximum atomic E-state index is 13.8. The number of alkyl carbamates (subject to hydrolysis) is 1. The number of thiol groups is 2. The Morgan fingerprint density at radius 3 is 2.50 bits per heavy atom. The molecule has 3 atom stereocenters. The van der Waals surface area contributed by atoms with Gasteiger partial charge in [-0.1, -0.05) is 57.4 Å². The summed E-state index contributed by atoms with van der Waals surface area (Å²) < 4.78 is 6.12. The summed E-state index contributed by atoms with van der Waals surface area (Å²) in [7, 11) is 1.32. The van der Waals surface area contributed by atoms with Crippen molar-refractivity contribution in [3.05, 3.63) is 51.2 Å². The highest BCUT2D eigenvalue weighted by atomic mass is 79.9. The first-order chi connectivity index (χ1) is 21.3. The van der Waals surface area contributed by atoms with Gasteiger partial charge in [0.25, 0.3) is 0 Å². The molecule has 2 fully saturated rings. The number of imidazole rings is 1. The lowest BCUT2D eigenvalue weighted by molar-refractivity contribution is -0.138. The first-order valence-electron chi connectivity index (χ1n) is 15.6. The van der Waals surface area contributed by atoms with Gasteiger partial charge in [0.2, 0.25) is 5.91 Å². The Bertz CT molecular complexity index is 1450. The summed E-state index contributed by atoms with van der Waals surface area (Å²) in [6.45, 7) is 4.66. The van der Waals surface area contributed by atoms with Crippen molar-refractivity contribution in [3.63, 3.8) is 0 Å². The van der Waals surface area contributed by atoms with E-state index in [1.165, 1.54) is 59.9 Å². The molecule has 2 aromatic heterocycles. The third-order valence-corrected chi connectivity index (χ3v) is 12.0. The van der Waals surface area contributed by atoms with E-state index in [9.17, 15) is 9.59 Å². The number of ether oxygens (including phenoxy) is 1. The number of aromatic amines is 1. The summed E-state index contributed by atoms with van der Waals surface area (Å²) in [4.78, 5) is 37.4. The molecule has 3 unspecified atom stereocenters. The third-order valence-electron chi connectivity index (χ3n) is 9.93. The number of carbonyl (C=O) groups excluding carboxylic acids is 2. The quantitative estimate of drug-likeness (QED) is 0.145. The number of H-pyrrole nitrogens is 1. The molecule has 1 saturated carbocycles. The number of nitrogens with zero attached hydrogens (tertiary/aromatic N) is 2. The van der Waals surface area contributed by atoms with Gasteiger partial charge in [-0.05, 0) is 94.5 Å². The SMILES string of the molecule is CCC(C)C(NC(=O)OC)C(=O)N1CCCCC1c1ncc(-c2ccc(-c3sc(Br)c4c3CC3(CCCC3)C4)cc2)[nH]1.SS. The predicted octanol–water partition coefficient (Wildman–Crippen LogP) is 8.81. The lowest BCUT2D eigenvalue weighted by atomic mass is 9.83. The van der Waals surface area contributed by atoms with Crippen molar-refractivity contribution < 1.29 is 14.3 Å². The van der Waals surface area contributed by atoms with Crippen LogP contribution in [0.3, 0.4) is 0 Å². The number of halogens is 1. The van der Waals surface area contributed by atoms with Crippen LogP contribution < -0.4 is 5.32 Å². The van der Waals surface area contributed by atoms with Crippen LogP contribution in [-0.4, -0.2) is 46.6 Å². The molecule has 3 aliphatic rings. The van der Waals surface area contributed by atoms with E-state index in [0.29, 0.717) is 12.0 Å². The molecule has 1 aliphatic heterocycles. The molecule has 44 heavy (non-hydrogen) atoms. The molecule has 2 aliphatic carbocycles. The van der Waals surface area contributed by atoms with E-state index >= 15 is 0 Å².